The second-order valence-electron chi connectivity index (χ2n) is 10.2. The standard InChI is InChI=1S/C34H45N/c1-5-16-27-25-28(17-6-2)34(31(18-7-3)33(27)26-19-11-9-12-20-26)30-21-15-22-32(29(30)8-4)35-23-13-10-14-24-35/h9,11-12,15,19-22,25H,5-8,10,13-14,16-18,23-24H2,1-4H3. The predicted molar refractivity (Wildman–Crippen MR) is 155 cm³/mol. The zero-order chi connectivity index (χ0) is 24.6. The smallest absolute Gasteiger partial charge is 0.0404 e. The van der Waals surface area contributed by atoms with Crippen LogP contribution in [0.2, 0.25) is 0 Å². The van der Waals surface area contributed by atoms with Gasteiger partial charge in [-0.25, -0.2) is 0 Å². The van der Waals surface area contributed by atoms with Crippen molar-refractivity contribution in [2.24, 2.45) is 0 Å². The Morgan fingerprint density at radius 1 is 0.629 bits per heavy atom. The van der Waals surface area contributed by atoms with Crippen LogP contribution in [-0.2, 0) is 25.7 Å². The average Bonchev–Trinajstić information content (AvgIpc) is 2.90. The molecule has 0 radical (unpaired) electrons. The monoisotopic (exact) mass is 467 g/mol. The lowest BCUT2D eigenvalue weighted by molar-refractivity contribution is 0.576. The maximum atomic E-state index is 2.66. The average molecular weight is 468 g/mol. The highest BCUT2D eigenvalue weighted by atomic mass is 15.1. The second kappa shape index (κ2) is 12.4. The Balaban J connectivity index is 2.03. The molecule has 0 bridgehead atoms. The summed E-state index contributed by atoms with van der Waals surface area (Å²) < 4.78 is 0. The Morgan fingerprint density at radius 2 is 1.29 bits per heavy atom. The van der Waals surface area contributed by atoms with E-state index in [-0.39, 0.29) is 0 Å². The minimum absolute atomic E-state index is 1.08. The first-order valence-corrected chi connectivity index (χ1v) is 14.3. The molecule has 0 N–H and O–H groups in total. The van der Waals surface area contributed by atoms with Crippen LogP contribution in [0.5, 0.6) is 0 Å². The summed E-state index contributed by atoms with van der Waals surface area (Å²) in [4.78, 5) is 2.66. The van der Waals surface area contributed by atoms with E-state index in [1.807, 2.05) is 0 Å². The van der Waals surface area contributed by atoms with Crippen molar-refractivity contribution in [3.8, 4) is 22.3 Å². The fraction of sp³-hybridized carbons (Fsp3) is 0.471. The lowest BCUT2D eigenvalue weighted by Gasteiger charge is -2.32. The summed E-state index contributed by atoms with van der Waals surface area (Å²) in [5.74, 6) is 0. The SMILES string of the molecule is CCCc1cc(CCC)c(-c2cccc(N3CCCCC3)c2CC)c(CCC)c1-c1ccccc1. The molecule has 0 unspecified atom stereocenters. The van der Waals surface area contributed by atoms with E-state index in [2.05, 4.69) is 87.2 Å². The summed E-state index contributed by atoms with van der Waals surface area (Å²) in [6.07, 6.45) is 12.0. The molecular formula is C34H45N. The molecule has 1 aliphatic heterocycles. The normalized spacial score (nSPS) is 13.9. The van der Waals surface area contributed by atoms with Gasteiger partial charge in [-0.3, -0.25) is 0 Å². The number of hydrogen-bond donors (Lipinski definition) is 0. The van der Waals surface area contributed by atoms with Gasteiger partial charge in [0, 0.05) is 18.8 Å². The molecule has 1 heteroatoms. The number of nitrogens with zero attached hydrogens (tertiary/aromatic N) is 1. The Morgan fingerprint density at radius 3 is 1.91 bits per heavy atom. The van der Waals surface area contributed by atoms with Gasteiger partial charge in [-0.15, -0.1) is 0 Å². The number of rotatable bonds is 10. The van der Waals surface area contributed by atoms with Crippen LogP contribution in [0.4, 0.5) is 5.69 Å². The van der Waals surface area contributed by atoms with Crippen LogP contribution in [0.25, 0.3) is 22.3 Å². The molecule has 0 atom stereocenters. The third-order valence-electron chi connectivity index (χ3n) is 7.67. The van der Waals surface area contributed by atoms with Gasteiger partial charge in [0.05, 0.1) is 0 Å². The van der Waals surface area contributed by atoms with Gasteiger partial charge >= 0.3 is 0 Å². The lowest BCUT2D eigenvalue weighted by Crippen LogP contribution is -2.30. The second-order valence-corrected chi connectivity index (χ2v) is 10.2. The first-order chi connectivity index (χ1) is 17.2. The number of anilines is 1. The van der Waals surface area contributed by atoms with Crippen LogP contribution in [0.15, 0.2) is 54.6 Å². The molecule has 3 aromatic rings. The molecule has 1 aliphatic rings. The van der Waals surface area contributed by atoms with E-state index < -0.39 is 0 Å². The van der Waals surface area contributed by atoms with E-state index in [9.17, 15) is 0 Å². The van der Waals surface area contributed by atoms with E-state index in [1.54, 1.807) is 27.8 Å². The molecule has 0 aromatic heterocycles. The van der Waals surface area contributed by atoms with Gasteiger partial charge < -0.3 is 4.90 Å². The topological polar surface area (TPSA) is 3.24 Å². The Labute approximate surface area is 214 Å². The molecule has 1 fully saturated rings. The molecule has 1 saturated heterocycles. The summed E-state index contributed by atoms with van der Waals surface area (Å²) in [5.41, 5.74) is 13.6. The van der Waals surface area contributed by atoms with Crippen molar-refractivity contribution in [2.75, 3.05) is 18.0 Å². The van der Waals surface area contributed by atoms with Crippen molar-refractivity contribution in [2.45, 2.75) is 91.9 Å². The zero-order valence-corrected chi connectivity index (χ0v) is 22.6. The van der Waals surface area contributed by atoms with Crippen molar-refractivity contribution in [1.82, 2.24) is 0 Å². The largest absolute Gasteiger partial charge is 0.371 e. The molecule has 3 aromatic carbocycles. The summed E-state index contributed by atoms with van der Waals surface area (Å²) in [7, 11) is 0. The van der Waals surface area contributed by atoms with Crippen molar-refractivity contribution < 1.29 is 0 Å². The van der Waals surface area contributed by atoms with Gasteiger partial charge in [-0.05, 0) is 95.5 Å². The van der Waals surface area contributed by atoms with E-state index in [0.717, 1.165) is 25.7 Å². The third-order valence-corrected chi connectivity index (χ3v) is 7.67. The lowest BCUT2D eigenvalue weighted by atomic mass is 9.79. The van der Waals surface area contributed by atoms with Crippen LogP contribution >= 0.6 is 0 Å². The van der Waals surface area contributed by atoms with E-state index >= 15 is 0 Å². The molecule has 0 amide bonds. The Hall–Kier alpha value is -2.54. The summed E-state index contributed by atoms with van der Waals surface area (Å²) >= 11 is 0. The number of benzene rings is 3. The molecule has 186 valence electrons. The quantitative estimate of drug-likeness (QED) is 0.287. The number of piperidine rings is 1. The highest BCUT2D eigenvalue weighted by Crippen LogP contribution is 2.43. The molecule has 1 heterocycles. The summed E-state index contributed by atoms with van der Waals surface area (Å²) in [6, 6.07) is 20.9. The van der Waals surface area contributed by atoms with Crippen molar-refractivity contribution in [1.29, 1.82) is 0 Å². The fourth-order valence-corrected chi connectivity index (χ4v) is 6.21. The highest BCUT2D eigenvalue weighted by Gasteiger charge is 2.23. The zero-order valence-electron chi connectivity index (χ0n) is 22.6. The van der Waals surface area contributed by atoms with Gasteiger partial charge in [-0.1, -0.05) is 95.5 Å². The first-order valence-electron chi connectivity index (χ1n) is 14.3. The van der Waals surface area contributed by atoms with E-state index in [0.29, 0.717) is 0 Å². The molecule has 4 rings (SSSR count). The van der Waals surface area contributed by atoms with E-state index in [4.69, 9.17) is 0 Å². The van der Waals surface area contributed by atoms with Gasteiger partial charge in [0.25, 0.3) is 0 Å². The first kappa shape index (κ1) is 25.5. The van der Waals surface area contributed by atoms with Crippen molar-refractivity contribution >= 4 is 5.69 Å². The highest BCUT2D eigenvalue weighted by molar-refractivity contribution is 5.86. The van der Waals surface area contributed by atoms with Crippen LogP contribution < -0.4 is 4.90 Å². The summed E-state index contributed by atoms with van der Waals surface area (Å²) in [5, 5.41) is 0. The van der Waals surface area contributed by atoms with Gasteiger partial charge in [0.1, 0.15) is 0 Å². The van der Waals surface area contributed by atoms with Crippen LogP contribution in [0.3, 0.4) is 0 Å². The third kappa shape index (κ3) is 5.50. The van der Waals surface area contributed by atoms with E-state index in [1.165, 1.54) is 74.0 Å². The van der Waals surface area contributed by atoms with Crippen LogP contribution in [-0.4, -0.2) is 13.1 Å². The van der Waals surface area contributed by atoms with Crippen LogP contribution in [0.1, 0.15) is 88.5 Å². The Kier molecular flexibility index (Phi) is 9.07. The molecular weight excluding hydrogens is 422 g/mol. The van der Waals surface area contributed by atoms with Crippen molar-refractivity contribution in [3.63, 3.8) is 0 Å². The predicted octanol–water partition coefficient (Wildman–Crippen LogP) is 9.43. The van der Waals surface area contributed by atoms with Gasteiger partial charge in [-0.2, -0.15) is 0 Å². The Bertz CT molecular complexity index is 1090. The minimum Gasteiger partial charge on any atom is -0.371 e. The maximum absolute atomic E-state index is 2.66. The molecule has 1 nitrogen and oxygen atoms in total. The van der Waals surface area contributed by atoms with Crippen LogP contribution in [0, 0.1) is 0 Å². The maximum Gasteiger partial charge on any atom is 0.0404 e. The van der Waals surface area contributed by atoms with Gasteiger partial charge in [0.15, 0.2) is 0 Å². The fourth-order valence-electron chi connectivity index (χ4n) is 6.21. The van der Waals surface area contributed by atoms with Gasteiger partial charge in [0.2, 0.25) is 0 Å². The summed E-state index contributed by atoms with van der Waals surface area (Å²) in [6.45, 7) is 11.7. The number of hydrogen-bond acceptors (Lipinski definition) is 1. The molecule has 0 spiro atoms. The molecule has 0 saturated carbocycles. The van der Waals surface area contributed by atoms with Crippen molar-refractivity contribution in [3.05, 3.63) is 76.9 Å². The molecule has 0 aliphatic carbocycles. The molecule has 35 heavy (non-hydrogen) atoms. The number of aryl methyl sites for hydroxylation is 2. The minimum atomic E-state index is 1.08.